The van der Waals surface area contributed by atoms with Crippen LogP contribution in [0.3, 0.4) is 0 Å². The number of carbonyl (C=O) groups is 2. The number of hydrogen-bond acceptors (Lipinski definition) is 3. The van der Waals surface area contributed by atoms with Crippen LogP contribution in [-0.2, 0) is 23.1 Å². The molecule has 1 N–H and O–H groups in total. The molecule has 1 saturated carbocycles. The Morgan fingerprint density at radius 1 is 1.12 bits per heavy atom. The second-order valence-electron chi connectivity index (χ2n) is 7.42. The molecule has 138 valence electrons. The number of nitrogens with one attached hydrogen (secondary N) is 1. The van der Waals surface area contributed by atoms with Gasteiger partial charge in [0.15, 0.2) is 0 Å². The topological polar surface area (TPSA) is 67.2 Å². The highest BCUT2D eigenvalue weighted by Gasteiger charge is 2.38. The SMILES string of the molecule is CCc1nn(C)c(NC(=O)[C@H]2CCCC[C@H]2C(=O)N2CCCC2)c1C. The van der Waals surface area contributed by atoms with Gasteiger partial charge in [-0.05, 0) is 39.0 Å². The van der Waals surface area contributed by atoms with Crippen molar-refractivity contribution in [3.63, 3.8) is 0 Å². The fourth-order valence-electron chi connectivity index (χ4n) is 4.32. The third kappa shape index (κ3) is 3.58. The lowest BCUT2D eigenvalue weighted by Crippen LogP contribution is -2.43. The van der Waals surface area contributed by atoms with Crippen LogP contribution in [0.4, 0.5) is 5.82 Å². The van der Waals surface area contributed by atoms with E-state index >= 15 is 0 Å². The van der Waals surface area contributed by atoms with Crippen molar-refractivity contribution < 1.29 is 9.59 Å². The Labute approximate surface area is 149 Å². The first kappa shape index (κ1) is 18.0. The van der Waals surface area contributed by atoms with Crippen LogP contribution in [-0.4, -0.2) is 39.6 Å². The van der Waals surface area contributed by atoms with Crippen molar-refractivity contribution in [1.29, 1.82) is 0 Å². The number of aryl methyl sites for hydroxylation is 2. The maximum absolute atomic E-state index is 13.0. The van der Waals surface area contributed by atoms with Crippen molar-refractivity contribution in [3.05, 3.63) is 11.3 Å². The van der Waals surface area contributed by atoms with E-state index in [4.69, 9.17) is 0 Å². The van der Waals surface area contributed by atoms with Crippen molar-refractivity contribution in [1.82, 2.24) is 14.7 Å². The average molecular weight is 346 g/mol. The Kier molecular flexibility index (Phi) is 5.45. The summed E-state index contributed by atoms with van der Waals surface area (Å²) in [6.45, 7) is 5.76. The summed E-state index contributed by atoms with van der Waals surface area (Å²) in [4.78, 5) is 27.8. The second kappa shape index (κ2) is 7.58. The molecule has 25 heavy (non-hydrogen) atoms. The molecule has 6 heteroatoms. The van der Waals surface area contributed by atoms with E-state index in [9.17, 15) is 9.59 Å². The normalized spacial score (nSPS) is 23.7. The number of carbonyl (C=O) groups excluding carboxylic acids is 2. The van der Waals surface area contributed by atoms with Crippen LogP contribution in [0.2, 0.25) is 0 Å². The number of aromatic nitrogens is 2. The first-order chi connectivity index (χ1) is 12.0. The minimum absolute atomic E-state index is 0.0222. The van der Waals surface area contributed by atoms with Gasteiger partial charge < -0.3 is 10.2 Å². The molecule has 1 aromatic rings. The summed E-state index contributed by atoms with van der Waals surface area (Å²) >= 11 is 0. The van der Waals surface area contributed by atoms with E-state index in [1.54, 1.807) is 4.68 Å². The second-order valence-corrected chi connectivity index (χ2v) is 7.42. The van der Waals surface area contributed by atoms with Crippen LogP contribution >= 0.6 is 0 Å². The molecule has 6 nitrogen and oxygen atoms in total. The molecule has 1 saturated heterocycles. The van der Waals surface area contributed by atoms with E-state index < -0.39 is 0 Å². The molecule has 0 aromatic carbocycles. The van der Waals surface area contributed by atoms with E-state index in [2.05, 4.69) is 17.3 Å². The van der Waals surface area contributed by atoms with Gasteiger partial charge in [0, 0.05) is 37.5 Å². The summed E-state index contributed by atoms with van der Waals surface area (Å²) in [5, 5.41) is 7.54. The molecule has 2 amide bonds. The monoisotopic (exact) mass is 346 g/mol. The summed E-state index contributed by atoms with van der Waals surface area (Å²) in [7, 11) is 1.86. The molecule has 2 atom stereocenters. The zero-order valence-electron chi connectivity index (χ0n) is 15.7. The number of rotatable bonds is 4. The van der Waals surface area contributed by atoms with Crippen LogP contribution < -0.4 is 5.32 Å². The Morgan fingerprint density at radius 3 is 2.36 bits per heavy atom. The minimum Gasteiger partial charge on any atom is -0.342 e. The molecule has 0 radical (unpaired) electrons. The summed E-state index contributed by atoms with van der Waals surface area (Å²) < 4.78 is 1.74. The van der Waals surface area contributed by atoms with E-state index in [0.717, 1.165) is 75.1 Å². The van der Waals surface area contributed by atoms with E-state index in [1.807, 2.05) is 18.9 Å². The van der Waals surface area contributed by atoms with Gasteiger partial charge in [-0.15, -0.1) is 0 Å². The maximum Gasteiger partial charge on any atom is 0.229 e. The molecule has 2 aliphatic rings. The smallest absolute Gasteiger partial charge is 0.229 e. The lowest BCUT2D eigenvalue weighted by Gasteiger charge is -2.32. The summed E-state index contributed by atoms with van der Waals surface area (Å²) in [6.07, 6.45) is 6.71. The number of nitrogens with zero attached hydrogens (tertiary/aromatic N) is 3. The van der Waals surface area contributed by atoms with Crippen molar-refractivity contribution in [2.75, 3.05) is 18.4 Å². The summed E-state index contributed by atoms with van der Waals surface area (Å²) in [6, 6.07) is 0. The molecule has 0 unspecified atom stereocenters. The van der Waals surface area contributed by atoms with Crippen LogP contribution in [0.1, 0.15) is 56.7 Å². The molecular formula is C19H30N4O2. The lowest BCUT2D eigenvalue weighted by molar-refractivity contribution is -0.141. The van der Waals surface area contributed by atoms with Crippen LogP contribution in [0, 0.1) is 18.8 Å². The van der Waals surface area contributed by atoms with E-state index in [1.165, 1.54) is 0 Å². The highest BCUT2D eigenvalue weighted by molar-refractivity contribution is 5.96. The zero-order valence-corrected chi connectivity index (χ0v) is 15.7. The molecule has 1 aliphatic carbocycles. The molecule has 3 rings (SSSR count). The lowest BCUT2D eigenvalue weighted by atomic mass is 9.78. The van der Waals surface area contributed by atoms with Gasteiger partial charge in [-0.1, -0.05) is 19.8 Å². The van der Waals surface area contributed by atoms with Gasteiger partial charge in [-0.3, -0.25) is 14.3 Å². The Hall–Kier alpha value is -1.85. The van der Waals surface area contributed by atoms with Gasteiger partial charge in [0.05, 0.1) is 5.69 Å². The van der Waals surface area contributed by atoms with Gasteiger partial charge in [-0.25, -0.2) is 0 Å². The van der Waals surface area contributed by atoms with Crippen LogP contribution in [0.15, 0.2) is 0 Å². The Bertz CT molecular complexity index is 646. The molecule has 2 fully saturated rings. The fraction of sp³-hybridized carbons (Fsp3) is 0.737. The van der Waals surface area contributed by atoms with E-state index in [0.29, 0.717) is 0 Å². The Morgan fingerprint density at radius 2 is 1.76 bits per heavy atom. The minimum atomic E-state index is -0.221. The van der Waals surface area contributed by atoms with Crippen molar-refractivity contribution in [2.24, 2.45) is 18.9 Å². The van der Waals surface area contributed by atoms with Crippen LogP contribution in [0.25, 0.3) is 0 Å². The highest BCUT2D eigenvalue weighted by atomic mass is 16.2. The molecule has 2 heterocycles. The molecule has 0 spiro atoms. The van der Waals surface area contributed by atoms with Gasteiger partial charge in [0.25, 0.3) is 0 Å². The number of anilines is 1. The first-order valence-electron chi connectivity index (χ1n) is 9.65. The third-order valence-corrected chi connectivity index (χ3v) is 5.80. The molecule has 0 bridgehead atoms. The maximum atomic E-state index is 13.0. The quantitative estimate of drug-likeness (QED) is 0.911. The molecule has 1 aromatic heterocycles. The van der Waals surface area contributed by atoms with Crippen molar-refractivity contribution in [3.8, 4) is 0 Å². The van der Waals surface area contributed by atoms with Crippen LogP contribution in [0.5, 0.6) is 0 Å². The molecule has 1 aliphatic heterocycles. The number of hydrogen-bond donors (Lipinski definition) is 1. The predicted octanol–water partition coefficient (Wildman–Crippen LogP) is 2.66. The summed E-state index contributed by atoms with van der Waals surface area (Å²) in [5.74, 6) is 0.548. The number of amides is 2. The van der Waals surface area contributed by atoms with Crippen molar-refractivity contribution >= 4 is 17.6 Å². The largest absolute Gasteiger partial charge is 0.342 e. The Balaban J connectivity index is 1.75. The highest BCUT2D eigenvalue weighted by Crippen LogP contribution is 2.33. The van der Waals surface area contributed by atoms with Gasteiger partial charge in [0.1, 0.15) is 5.82 Å². The zero-order chi connectivity index (χ0) is 18.0. The van der Waals surface area contributed by atoms with E-state index in [-0.39, 0.29) is 23.7 Å². The number of likely N-dealkylation sites (tertiary alicyclic amines) is 1. The predicted molar refractivity (Wildman–Crippen MR) is 97.2 cm³/mol. The van der Waals surface area contributed by atoms with Crippen molar-refractivity contribution in [2.45, 2.75) is 58.8 Å². The van der Waals surface area contributed by atoms with Gasteiger partial charge in [0.2, 0.25) is 11.8 Å². The first-order valence-corrected chi connectivity index (χ1v) is 9.65. The van der Waals surface area contributed by atoms with Gasteiger partial charge in [-0.2, -0.15) is 5.10 Å². The molecular weight excluding hydrogens is 316 g/mol. The average Bonchev–Trinajstić information content (AvgIpc) is 3.25. The fourth-order valence-corrected chi connectivity index (χ4v) is 4.32. The van der Waals surface area contributed by atoms with Gasteiger partial charge >= 0.3 is 0 Å². The summed E-state index contributed by atoms with van der Waals surface area (Å²) in [5.41, 5.74) is 2.03. The standard InChI is InChI=1S/C19H30N4O2/c1-4-16-13(2)17(22(3)21-16)20-18(24)14-9-5-6-10-15(14)19(25)23-11-7-8-12-23/h14-15H,4-12H2,1-3H3,(H,20,24)/t14-,15+/m0/s1. The third-order valence-electron chi connectivity index (χ3n) is 5.80.